The molecule has 0 amide bonds. The number of nitro benzene ring substituents is 1. The van der Waals surface area contributed by atoms with Crippen LogP contribution in [0.2, 0.25) is 0 Å². The molecule has 0 aliphatic heterocycles. The lowest BCUT2D eigenvalue weighted by Gasteiger charge is -2.07. The number of non-ortho nitro benzene ring substituents is 1. The van der Waals surface area contributed by atoms with Crippen molar-refractivity contribution in [3.63, 3.8) is 0 Å². The van der Waals surface area contributed by atoms with Gasteiger partial charge in [0.15, 0.2) is 0 Å². The molecule has 2 aromatic rings. The van der Waals surface area contributed by atoms with Gasteiger partial charge in [-0.3, -0.25) is 10.1 Å². The summed E-state index contributed by atoms with van der Waals surface area (Å²) in [6.07, 6.45) is 0.680. The summed E-state index contributed by atoms with van der Waals surface area (Å²) in [5, 5.41) is 10.5. The van der Waals surface area contributed by atoms with Crippen molar-refractivity contribution in [3.8, 4) is 0 Å². The molecule has 94 valence electrons. The molecule has 0 saturated carbocycles. The fraction of sp³-hybridized carbons (Fsp3) is 0.231. The summed E-state index contributed by atoms with van der Waals surface area (Å²) >= 11 is 8.02. The smallest absolute Gasteiger partial charge is 0.258 e. The van der Waals surface area contributed by atoms with E-state index in [0.29, 0.717) is 6.42 Å². The zero-order valence-corrected chi connectivity index (χ0v) is 11.4. The number of nitrogens with zero attached hydrogens (tertiary/aromatic N) is 1. The molecule has 3 nitrogen and oxygen atoms in total. The minimum Gasteiger partial charge on any atom is -0.258 e. The van der Waals surface area contributed by atoms with E-state index in [0.717, 1.165) is 10.4 Å². The van der Waals surface area contributed by atoms with Gasteiger partial charge in [-0.2, -0.15) is 0 Å². The monoisotopic (exact) mass is 281 g/mol. The van der Waals surface area contributed by atoms with Gasteiger partial charge in [0.05, 0.1) is 10.3 Å². The molecule has 1 unspecified atom stereocenters. The van der Waals surface area contributed by atoms with E-state index in [-0.39, 0.29) is 11.1 Å². The number of hydrogen-bond acceptors (Lipinski definition) is 3. The van der Waals surface area contributed by atoms with Crippen LogP contribution in [0, 0.1) is 17.0 Å². The molecule has 0 saturated heterocycles. The van der Waals surface area contributed by atoms with Crippen molar-refractivity contribution in [2.45, 2.75) is 18.7 Å². The molecule has 5 heteroatoms. The number of halogens is 1. The Morgan fingerprint density at radius 3 is 2.44 bits per heavy atom. The van der Waals surface area contributed by atoms with Crippen molar-refractivity contribution in [2.75, 3.05) is 0 Å². The number of nitro groups is 1. The van der Waals surface area contributed by atoms with E-state index in [9.17, 15) is 10.1 Å². The summed E-state index contributed by atoms with van der Waals surface area (Å²) in [6.45, 7) is 2.05. The van der Waals surface area contributed by atoms with Crippen molar-refractivity contribution < 1.29 is 4.92 Å². The first-order chi connectivity index (χ1) is 8.56. The molecule has 2 rings (SSSR count). The summed E-state index contributed by atoms with van der Waals surface area (Å²) < 4.78 is 0. The Morgan fingerprint density at radius 1 is 1.28 bits per heavy atom. The second-order valence-corrected chi connectivity index (χ2v) is 5.89. The molecule has 1 aromatic carbocycles. The van der Waals surface area contributed by atoms with Crippen molar-refractivity contribution in [3.05, 3.63) is 61.8 Å². The fourth-order valence-corrected chi connectivity index (χ4v) is 2.92. The lowest BCUT2D eigenvalue weighted by Crippen LogP contribution is -1.94. The van der Waals surface area contributed by atoms with E-state index in [1.807, 2.05) is 19.1 Å². The Hall–Kier alpha value is -1.39. The molecule has 1 aromatic heterocycles. The Balaban J connectivity index is 2.07. The second-order valence-electron chi connectivity index (χ2n) is 4.04. The Morgan fingerprint density at radius 2 is 1.94 bits per heavy atom. The molecule has 0 aliphatic carbocycles. The third kappa shape index (κ3) is 3.09. The lowest BCUT2D eigenvalue weighted by atomic mass is 10.1. The molecule has 18 heavy (non-hydrogen) atoms. The number of benzene rings is 1. The first-order valence-corrected chi connectivity index (χ1v) is 6.75. The zero-order valence-electron chi connectivity index (χ0n) is 9.80. The van der Waals surface area contributed by atoms with E-state index < -0.39 is 4.92 Å². The maximum atomic E-state index is 10.5. The van der Waals surface area contributed by atoms with Gasteiger partial charge in [0.1, 0.15) is 0 Å². The standard InChI is InChI=1S/C13H12ClNO2S/c1-9-2-7-13(18-9)12(14)8-10-3-5-11(6-4-10)15(16)17/h2-7,12H,8H2,1H3. The van der Waals surface area contributed by atoms with Crippen molar-refractivity contribution in [1.82, 2.24) is 0 Å². The Kier molecular flexibility index (Phi) is 3.99. The predicted octanol–water partition coefficient (Wildman–Crippen LogP) is 4.49. The molecular weight excluding hydrogens is 270 g/mol. The number of aryl methyl sites for hydroxylation is 1. The van der Waals surface area contributed by atoms with Crippen LogP contribution in [0.25, 0.3) is 0 Å². The first kappa shape index (κ1) is 13.1. The van der Waals surface area contributed by atoms with Crippen LogP contribution in [0.15, 0.2) is 36.4 Å². The van der Waals surface area contributed by atoms with E-state index in [4.69, 9.17) is 11.6 Å². The van der Waals surface area contributed by atoms with Gasteiger partial charge in [0.2, 0.25) is 0 Å². The summed E-state index contributed by atoms with van der Waals surface area (Å²) in [5.74, 6) is 0. The van der Waals surface area contributed by atoms with Gasteiger partial charge in [-0.05, 0) is 31.0 Å². The van der Waals surface area contributed by atoms with Gasteiger partial charge in [-0.1, -0.05) is 12.1 Å². The van der Waals surface area contributed by atoms with Crippen molar-refractivity contribution in [1.29, 1.82) is 0 Å². The topological polar surface area (TPSA) is 43.1 Å². The number of hydrogen-bond donors (Lipinski definition) is 0. The Bertz CT molecular complexity index is 550. The highest BCUT2D eigenvalue weighted by molar-refractivity contribution is 7.12. The highest BCUT2D eigenvalue weighted by atomic mass is 35.5. The minimum absolute atomic E-state index is 0.0786. The number of rotatable bonds is 4. The molecule has 0 aliphatic rings. The third-order valence-corrected chi connectivity index (χ3v) is 4.27. The van der Waals surface area contributed by atoms with E-state index >= 15 is 0 Å². The largest absolute Gasteiger partial charge is 0.269 e. The normalized spacial score (nSPS) is 12.3. The average Bonchev–Trinajstić information content (AvgIpc) is 2.76. The van der Waals surface area contributed by atoms with Crippen LogP contribution in [0.5, 0.6) is 0 Å². The molecule has 1 atom stereocenters. The second kappa shape index (κ2) is 5.50. The van der Waals surface area contributed by atoms with E-state index in [2.05, 4.69) is 0 Å². The minimum atomic E-state index is -0.398. The maximum absolute atomic E-state index is 10.5. The maximum Gasteiger partial charge on any atom is 0.269 e. The molecular formula is C13H12ClNO2S. The van der Waals surface area contributed by atoms with E-state index in [1.165, 1.54) is 17.0 Å². The van der Waals surface area contributed by atoms with Gasteiger partial charge < -0.3 is 0 Å². The number of thiophene rings is 1. The quantitative estimate of drug-likeness (QED) is 0.471. The van der Waals surface area contributed by atoms with Crippen LogP contribution in [0.4, 0.5) is 5.69 Å². The third-order valence-electron chi connectivity index (χ3n) is 2.63. The zero-order chi connectivity index (χ0) is 13.1. The predicted molar refractivity (Wildman–Crippen MR) is 74.5 cm³/mol. The van der Waals surface area contributed by atoms with Gasteiger partial charge in [0, 0.05) is 21.9 Å². The molecule has 0 fully saturated rings. The van der Waals surface area contributed by atoms with Gasteiger partial charge >= 0.3 is 0 Å². The summed E-state index contributed by atoms with van der Waals surface area (Å²) in [5.41, 5.74) is 1.11. The SMILES string of the molecule is Cc1ccc(C(Cl)Cc2ccc([N+](=O)[O-])cc2)s1. The van der Waals surface area contributed by atoms with Crippen LogP contribution < -0.4 is 0 Å². The van der Waals surface area contributed by atoms with Gasteiger partial charge in [0.25, 0.3) is 5.69 Å². The van der Waals surface area contributed by atoms with Gasteiger partial charge in [-0.25, -0.2) is 0 Å². The molecule has 0 bridgehead atoms. The van der Waals surface area contributed by atoms with Crippen LogP contribution >= 0.6 is 22.9 Å². The average molecular weight is 282 g/mol. The van der Waals surface area contributed by atoms with Gasteiger partial charge in [-0.15, -0.1) is 22.9 Å². The molecule has 0 radical (unpaired) electrons. The highest BCUT2D eigenvalue weighted by Crippen LogP contribution is 2.30. The van der Waals surface area contributed by atoms with Crippen LogP contribution in [0.1, 0.15) is 20.7 Å². The molecule has 0 N–H and O–H groups in total. The molecule has 1 heterocycles. The lowest BCUT2D eigenvalue weighted by molar-refractivity contribution is -0.384. The Labute approximate surface area is 114 Å². The van der Waals surface area contributed by atoms with Crippen molar-refractivity contribution >= 4 is 28.6 Å². The first-order valence-electron chi connectivity index (χ1n) is 5.50. The molecule has 0 spiro atoms. The summed E-state index contributed by atoms with van der Waals surface area (Å²) in [4.78, 5) is 12.5. The highest BCUT2D eigenvalue weighted by Gasteiger charge is 2.12. The number of alkyl halides is 1. The van der Waals surface area contributed by atoms with E-state index in [1.54, 1.807) is 23.5 Å². The summed E-state index contributed by atoms with van der Waals surface area (Å²) in [6, 6.07) is 10.6. The fourth-order valence-electron chi connectivity index (χ4n) is 1.68. The van der Waals surface area contributed by atoms with Crippen LogP contribution in [-0.2, 0) is 6.42 Å². The van der Waals surface area contributed by atoms with Crippen molar-refractivity contribution in [2.24, 2.45) is 0 Å². The van der Waals surface area contributed by atoms with Crippen LogP contribution in [0.3, 0.4) is 0 Å². The van der Waals surface area contributed by atoms with Crippen LogP contribution in [-0.4, -0.2) is 4.92 Å². The summed E-state index contributed by atoms with van der Waals surface area (Å²) in [7, 11) is 0.